The Kier molecular flexibility index (Phi) is 6.99. The summed E-state index contributed by atoms with van der Waals surface area (Å²) in [6.07, 6.45) is 0.918. The van der Waals surface area contributed by atoms with E-state index in [0.29, 0.717) is 5.92 Å². The van der Waals surface area contributed by atoms with Crippen molar-refractivity contribution in [3.05, 3.63) is 33.0 Å². The normalized spacial score (nSPS) is 13.1. The average molecular weight is 363 g/mol. The number of aliphatic imine (C=N–C) groups is 1. The predicted molar refractivity (Wildman–Crippen MR) is 106 cm³/mol. The molecule has 0 aliphatic carbocycles. The first kappa shape index (κ1) is 19.4. The highest BCUT2D eigenvalue weighted by Gasteiger charge is 2.09. The van der Waals surface area contributed by atoms with Crippen LogP contribution in [0.5, 0.6) is 0 Å². The van der Waals surface area contributed by atoms with Gasteiger partial charge >= 0.3 is 0 Å². The number of thiazole rings is 1. The summed E-state index contributed by atoms with van der Waals surface area (Å²) in [4.78, 5) is 10.2. The van der Waals surface area contributed by atoms with Crippen molar-refractivity contribution in [3.63, 3.8) is 0 Å². The van der Waals surface area contributed by atoms with E-state index in [1.165, 1.54) is 15.6 Å². The number of rotatable bonds is 7. The summed E-state index contributed by atoms with van der Waals surface area (Å²) in [7, 11) is 1.80. The first-order chi connectivity index (χ1) is 11.9. The topological polar surface area (TPSA) is 67.1 Å². The zero-order chi connectivity index (χ0) is 18.4. The van der Waals surface area contributed by atoms with Gasteiger partial charge in [-0.25, -0.2) is 4.98 Å². The van der Waals surface area contributed by atoms with E-state index in [0.717, 1.165) is 43.4 Å². The second kappa shape index (κ2) is 8.99. The molecule has 0 amide bonds. The van der Waals surface area contributed by atoms with Crippen molar-refractivity contribution in [2.75, 3.05) is 20.1 Å². The lowest BCUT2D eigenvalue weighted by Gasteiger charge is -2.16. The van der Waals surface area contributed by atoms with Crippen LogP contribution in [-0.4, -0.2) is 40.9 Å². The van der Waals surface area contributed by atoms with Crippen LogP contribution in [-0.2, 0) is 13.0 Å². The number of nitrogens with one attached hydrogen (secondary N) is 2. The number of nitrogens with zero attached hydrogens (tertiary/aromatic N) is 4. The summed E-state index contributed by atoms with van der Waals surface area (Å²) in [5.74, 6) is 1.30. The molecule has 2 aromatic rings. The molecule has 0 aliphatic heterocycles. The zero-order valence-electron chi connectivity index (χ0n) is 16.2. The SMILES string of the molecule is CN=C(NCCc1nc(C)c(C)s1)NCC(C)Cn1nc(C)cc1C. The van der Waals surface area contributed by atoms with Crippen LogP contribution in [0.1, 0.15) is 33.9 Å². The lowest BCUT2D eigenvalue weighted by atomic mass is 10.2. The van der Waals surface area contributed by atoms with Crippen molar-refractivity contribution < 1.29 is 0 Å². The van der Waals surface area contributed by atoms with Crippen LogP contribution in [0.25, 0.3) is 0 Å². The van der Waals surface area contributed by atoms with Gasteiger partial charge in [0, 0.05) is 43.7 Å². The standard InChI is InChI=1S/C18H30N6S/c1-12(11-24-14(3)9-13(2)23-24)10-21-18(19-6)20-8-7-17-22-15(4)16(5)25-17/h9,12H,7-8,10-11H2,1-6H3,(H2,19,20,21). The molecule has 0 radical (unpaired) electrons. The van der Waals surface area contributed by atoms with Crippen LogP contribution >= 0.6 is 11.3 Å². The maximum absolute atomic E-state index is 4.57. The van der Waals surface area contributed by atoms with Crippen LogP contribution < -0.4 is 10.6 Å². The van der Waals surface area contributed by atoms with Gasteiger partial charge in [0.25, 0.3) is 0 Å². The summed E-state index contributed by atoms with van der Waals surface area (Å²) in [5.41, 5.74) is 3.42. The van der Waals surface area contributed by atoms with E-state index < -0.39 is 0 Å². The minimum Gasteiger partial charge on any atom is -0.356 e. The fraction of sp³-hybridized carbons (Fsp3) is 0.611. The molecule has 0 saturated carbocycles. The van der Waals surface area contributed by atoms with E-state index in [1.807, 2.05) is 6.92 Å². The van der Waals surface area contributed by atoms with E-state index in [-0.39, 0.29) is 0 Å². The van der Waals surface area contributed by atoms with Gasteiger partial charge in [0.05, 0.1) is 16.4 Å². The van der Waals surface area contributed by atoms with Gasteiger partial charge < -0.3 is 10.6 Å². The van der Waals surface area contributed by atoms with Crippen LogP contribution in [0.15, 0.2) is 11.1 Å². The highest BCUT2D eigenvalue weighted by molar-refractivity contribution is 7.11. The van der Waals surface area contributed by atoms with Gasteiger partial charge in [-0.2, -0.15) is 5.10 Å². The highest BCUT2D eigenvalue weighted by atomic mass is 32.1. The van der Waals surface area contributed by atoms with Gasteiger partial charge in [-0.1, -0.05) is 6.92 Å². The van der Waals surface area contributed by atoms with Gasteiger partial charge in [0.2, 0.25) is 0 Å². The Morgan fingerprint density at radius 3 is 2.60 bits per heavy atom. The minimum atomic E-state index is 0.459. The molecule has 1 unspecified atom stereocenters. The fourth-order valence-electron chi connectivity index (χ4n) is 2.64. The molecule has 25 heavy (non-hydrogen) atoms. The molecular formula is C18H30N6S. The molecule has 2 N–H and O–H groups in total. The molecule has 2 heterocycles. The average Bonchev–Trinajstić information content (AvgIpc) is 3.04. The molecule has 0 spiro atoms. The lowest BCUT2D eigenvalue weighted by molar-refractivity contribution is 0.436. The van der Waals surface area contributed by atoms with E-state index in [9.17, 15) is 0 Å². The van der Waals surface area contributed by atoms with Gasteiger partial charge in [-0.3, -0.25) is 9.67 Å². The molecule has 6 nitrogen and oxygen atoms in total. The van der Waals surface area contributed by atoms with Crippen molar-refractivity contribution in [2.24, 2.45) is 10.9 Å². The largest absolute Gasteiger partial charge is 0.356 e. The second-order valence-electron chi connectivity index (χ2n) is 6.59. The Bertz CT molecular complexity index is 696. The smallest absolute Gasteiger partial charge is 0.191 e. The molecule has 2 aromatic heterocycles. The van der Waals surface area contributed by atoms with E-state index >= 15 is 0 Å². The van der Waals surface area contributed by atoms with E-state index in [4.69, 9.17) is 0 Å². The molecule has 0 saturated heterocycles. The summed E-state index contributed by atoms with van der Waals surface area (Å²) < 4.78 is 2.07. The van der Waals surface area contributed by atoms with Crippen molar-refractivity contribution in [2.45, 2.75) is 47.6 Å². The second-order valence-corrected chi connectivity index (χ2v) is 7.88. The zero-order valence-corrected chi connectivity index (χ0v) is 17.0. The Hall–Kier alpha value is -1.89. The number of aromatic nitrogens is 3. The maximum Gasteiger partial charge on any atom is 0.191 e. The molecule has 138 valence electrons. The van der Waals surface area contributed by atoms with Crippen molar-refractivity contribution >= 4 is 17.3 Å². The molecular weight excluding hydrogens is 332 g/mol. The van der Waals surface area contributed by atoms with E-state index in [1.54, 1.807) is 18.4 Å². The van der Waals surface area contributed by atoms with Crippen molar-refractivity contribution in [1.82, 2.24) is 25.4 Å². The first-order valence-corrected chi connectivity index (χ1v) is 9.59. The Morgan fingerprint density at radius 2 is 2.04 bits per heavy atom. The fourth-order valence-corrected chi connectivity index (χ4v) is 3.58. The molecule has 2 rings (SSSR count). The van der Waals surface area contributed by atoms with Gasteiger partial charge in [-0.05, 0) is 39.7 Å². The van der Waals surface area contributed by atoms with Gasteiger partial charge in [0.15, 0.2) is 5.96 Å². The van der Waals surface area contributed by atoms with Crippen LogP contribution in [0.4, 0.5) is 0 Å². The third-order valence-corrected chi connectivity index (χ3v) is 5.27. The molecule has 7 heteroatoms. The predicted octanol–water partition coefficient (Wildman–Crippen LogP) is 2.62. The number of guanidine groups is 1. The highest BCUT2D eigenvalue weighted by Crippen LogP contribution is 2.16. The summed E-state index contributed by atoms with van der Waals surface area (Å²) in [5, 5.41) is 12.5. The number of hydrogen-bond donors (Lipinski definition) is 2. The Labute approximate surface area is 154 Å². The first-order valence-electron chi connectivity index (χ1n) is 8.77. The quantitative estimate of drug-likeness (QED) is 0.587. The molecule has 0 bridgehead atoms. The van der Waals surface area contributed by atoms with Gasteiger partial charge in [-0.15, -0.1) is 11.3 Å². The minimum absolute atomic E-state index is 0.459. The molecule has 0 aromatic carbocycles. The number of hydrogen-bond acceptors (Lipinski definition) is 4. The third-order valence-electron chi connectivity index (χ3n) is 4.13. The van der Waals surface area contributed by atoms with Gasteiger partial charge in [0.1, 0.15) is 0 Å². The van der Waals surface area contributed by atoms with Crippen LogP contribution in [0.3, 0.4) is 0 Å². The molecule has 0 fully saturated rings. The van der Waals surface area contributed by atoms with E-state index in [2.05, 4.69) is 64.2 Å². The lowest BCUT2D eigenvalue weighted by Crippen LogP contribution is -2.40. The Morgan fingerprint density at radius 1 is 1.28 bits per heavy atom. The summed E-state index contributed by atoms with van der Waals surface area (Å²) >= 11 is 1.78. The molecule has 0 aliphatic rings. The summed E-state index contributed by atoms with van der Waals surface area (Å²) in [6.45, 7) is 13.1. The monoisotopic (exact) mass is 362 g/mol. The summed E-state index contributed by atoms with van der Waals surface area (Å²) in [6, 6.07) is 2.11. The van der Waals surface area contributed by atoms with Crippen molar-refractivity contribution in [1.29, 1.82) is 0 Å². The maximum atomic E-state index is 4.57. The van der Waals surface area contributed by atoms with Crippen LogP contribution in [0.2, 0.25) is 0 Å². The van der Waals surface area contributed by atoms with Crippen molar-refractivity contribution in [3.8, 4) is 0 Å². The number of aryl methyl sites for hydroxylation is 4. The third kappa shape index (κ3) is 5.85. The molecule has 1 atom stereocenters. The van der Waals surface area contributed by atoms with Crippen LogP contribution in [0, 0.1) is 33.6 Å². The Balaban J connectivity index is 1.73.